The molecule has 0 radical (unpaired) electrons. The van der Waals surface area contributed by atoms with E-state index >= 15 is 0 Å². The van der Waals surface area contributed by atoms with Crippen molar-refractivity contribution in [3.05, 3.63) is 0 Å². The Bertz CT molecular complexity index is 138. The molecular formula is C5H13NO3S. The predicted octanol–water partition coefficient (Wildman–Crippen LogP) is 0.176. The second kappa shape index (κ2) is 5.64. The number of hydroxylamine groups is 2. The second-order valence-corrected chi connectivity index (χ2v) is 2.44. The summed E-state index contributed by atoms with van der Waals surface area (Å²) in [5.41, 5.74) is 0. The van der Waals surface area contributed by atoms with Gasteiger partial charge in [-0.1, -0.05) is 13.8 Å². The second-order valence-electron chi connectivity index (χ2n) is 1.83. The third-order valence-corrected chi connectivity index (χ3v) is 1.37. The Morgan fingerprint density at radius 1 is 1.40 bits per heavy atom. The van der Waals surface area contributed by atoms with E-state index in [9.17, 15) is 8.42 Å². The molecule has 0 bridgehead atoms. The monoisotopic (exact) mass is 167 g/mol. The fourth-order valence-corrected chi connectivity index (χ4v) is 0.986. The molecule has 10 heavy (non-hydrogen) atoms. The number of hydrogen-bond donors (Lipinski definition) is 1. The first-order valence-corrected chi connectivity index (χ1v) is 4.37. The van der Waals surface area contributed by atoms with E-state index in [0.29, 0.717) is 13.1 Å². The molecule has 0 saturated heterocycles. The molecule has 0 aromatic carbocycles. The van der Waals surface area contributed by atoms with Crippen molar-refractivity contribution in [2.75, 3.05) is 13.1 Å². The highest BCUT2D eigenvalue weighted by Crippen LogP contribution is 1.91. The maximum absolute atomic E-state index is 10.0. The van der Waals surface area contributed by atoms with Crippen molar-refractivity contribution < 1.29 is 12.7 Å². The van der Waals surface area contributed by atoms with Crippen LogP contribution in [0.4, 0.5) is 0 Å². The molecule has 0 spiro atoms. The van der Waals surface area contributed by atoms with Gasteiger partial charge in [0.15, 0.2) is 0 Å². The normalized spacial score (nSPS) is 11.2. The van der Waals surface area contributed by atoms with Gasteiger partial charge in [0, 0.05) is 13.1 Å². The van der Waals surface area contributed by atoms with Crippen LogP contribution in [0.5, 0.6) is 0 Å². The summed E-state index contributed by atoms with van der Waals surface area (Å²) in [6.45, 7) is 5.05. The largest absolute Gasteiger partial charge is 0.273 e. The van der Waals surface area contributed by atoms with Gasteiger partial charge in [-0.15, -0.1) is 0 Å². The summed E-state index contributed by atoms with van der Waals surface area (Å²) in [5, 5.41) is 1.41. The molecule has 0 aliphatic rings. The van der Waals surface area contributed by atoms with Crippen LogP contribution < -0.4 is 0 Å². The Morgan fingerprint density at radius 3 is 2.30 bits per heavy atom. The molecule has 62 valence electrons. The molecule has 0 heterocycles. The van der Waals surface area contributed by atoms with Crippen LogP contribution in [0.2, 0.25) is 0 Å². The molecule has 0 N–H and O–H groups in total. The third kappa shape index (κ3) is 4.72. The Hall–Kier alpha value is -0.130. The summed E-state index contributed by atoms with van der Waals surface area (Å²) >= 11 is 0. The van der Waals surface area contributed by atoms with Gasteiger partial charge in [-0.3, -0.25) is 0 Å². The number of nitrogens with zero attached hydrogens (tertiary/aromatic N) is 1. The highest BCUT2D eigenvalue weighted by atomic mass is 32.2. The molecule has 0 amide bonds. The average molecular weight is 167 g/mol. The minimum absolute atomic E-state index is 0.594. The van der Waals surface area contributed by atoms with E-state index in [0.717, 1.165) is 6.42 Å². The Kier molecular flexibility index (Phi) is 5.57. The lowest BCUT2D eigenvalue weighted by Crippen LogP contribution is -2.23. The highest BCUT2D eigenvalue weighted by molar-refractivity contribution is 7.67. The van der Waals surface area contributed by atoms with E-state index in [-0.39, 0.29) is 0 Å². The van der Waals surface area contributed by atoms with Crippen molar-refractivity contribution in [2.24, 2.45) is 0 Å². The molecule has 0 aliphatic heterocycles. The first-order chi connectivity index (χ1) is 4.70. The van der Waals surface area contributed by atoms with E-state index in [2.05, 4.69) is 4.28 Å². The zero-order chi connectivity index (χ0) is 7.98. The minimum atomic E-state index is -2.73. The molecule has 0 aliphatic carbocycles. The smallest absolute Gasteiger partial charge is 0.201 e. The quantitative estimate of drug-likeness (QED) is 0.468. The topological polar surface area (TPSA) is 46.6 Å². The first-order valence-electron chi connectivity index (χ1n) is 3.28. The maximum Gasteiger partial charge on any atom is 0.273 e. The molecule has 0 unspecified atom stereocenters. The SMILES string of the molecule is CCCN(CC)O[SH](=O)=O. The fraction of sp³-hybridized carbons (Fsp3) is 1.00. The Balaban J connectivity index is 3.59. The lowest BCUT2D eigenvalue weighted by atomic mass is 10.5. The lowest BCUT2D eigenvalue weighted by Gasteiger charge is -2.13. The summed E-state index contributed by atoms with van der Waals surface area (Å²) in [6, 6.07) is 0. The van der Waals surface area contributed by atoms with E-state index in [1.165, 1.54) is 5.06 Å². The summed E-state index contributed by atoms with van der Waals surface area (Å²) in [7, 11) is -2.73. The van der Waals surface area contributed by atoms with Gasteiger partial charge in [0.25, 0.3) is 11.0 Å². The molecule has 0 saturated carbocycles. The Labute approximate surface area is 62.9 Å². The van der Waals surface area contributed by atoms with Gasteiger partial charge in [0.1, 0.15) is 0 Å². The van der Waals surface area contributed by atoms with Gasteiger partial charge in [-0.05, 0) is 6.42 Å². The van der Waals surface area contributed by atoms with Crippen LogP contribution in [0, 0.1) is 0 Å². The van der Waals surface area contributed by atoms with Crippen LogP contribution in [0.3, 0.4) is 0 Å². The van der Waals surface area contributed by atoms with Crippen molar-refractivity contribution in [2.45, 2.75) is 20.3 Å². The third-order valence-electron chi connectivity index (χ3n) is 1.01. The average Bonchev–Trinajstić information content (AvgIpc) is 1.86. The molecule has 0 rings (SSSR count). The van der Waals surface area contributed by atoms with Crippen LogP contribution >= 0.6 is 0 Å². The number of rotatable bonds is 5. The molecule has 0 atom stereocenters. The van der Waals surface area contributed by atoms with E-state index in [1.54, 1.807) is 0 Å². The van der Waals surface area contributed by atoms with Crippen LogP contribution in [0.1, 0.15) is 20.3 Å². The lowest BCUT2D eigenvalue weighted by molar-refractivity contribution is -0.0412. The van der Waals surface area contributed by atoms with E-state index in [4.69, 9.17) is 0 Å². The van der Waals surface area contributed by atoms with Crippen LogP contribution in [-0.2, 0) is 15.3 Å². The molecule has 0 aromatic heterocycles. The zero-order valence-corrected chi connectivity index (χ0v) is 7.13. The first kappa shape index (κ1) is 9.87. The summed E-state index contributed by atoms with van der Waals surface area (Å²) < 4.78 is 24.5. The van der Waals surface area contributed by atoms with Crippen molar-refractivity contribution in [3.63, 3.8) is 0 Å². The predicted molar refractivity (Wildman–Crippen MR) is 38.9 cm³/mol. The van der Waals surface area contributed by atoms with Gasteiger partial charge >= 0.3 is 0 Å². The van der Waals surface area contributed by atoms with Crippen molar-refractivity contribution >= 4 is 11.0 Å². The number of hydrogen-bond acceptors (Lipinski definition) is 4. The number of thiol groups is 1. The van der Waals surface area contributed by atoms with Gasteiger partial charge in [0.2, 0.25) is 0 Å². The van der Waals surface area contributed by atoms with Crippen molar-refractivity contribution in [3.8, 4) is 0 Å². The summed E-state index contributed by atoms with van der Waals surface area (Å²) in [5.74, 6) is 0. The van der Waals surface area contributed by atoms with Gasteiger partial charge < -0.3 is 0 Å². The van der Waals surface area contributed by atoms with Gasteiger partial charge in [-0.2, -0.15) is 9.35 Å². The zero-order valence-electron chi connectivity index (χ0n) is 6.24. The summed E-state index contributed by atoms with van der Waals surface area (Å²) in [6.07, 6.45) is 0.886. The van der Waals surface area contributed by atoms with Gasteiger partial charge in [0.05, 0.1) is 0 Å². The fourth-order valence-electron chi connectivity index (χ4n) is 0.600. The van der Waals surface area contributed by atoms with E-state index < -0.39 is 11.0 Å². The summed E-state index contributed by atoms with van der Waals surface area (Å²) in [4.78, 5) is 0. The maximum atomic E-state index is 10.0. The van der Waals surface area contributed by atoms with Crippen molar-refractivity contribution in [1.29, 1.82) is 0 Å². The van der Waals surface area contributed by atoms with Crippen LogP contribution in [0.25, 0.3) is 0 Å². The van der Waals surface area contributed by atoms with E-state index in [1.807, 2.05) is 13.8 Å². The molecule has 0 aromatic rings. The van der Waals surface area contributed by atoms with Crippen LogP contribution in [0.15, 0.2) is 0 Å². The standard InChI is InChI=1S/C5H13NO3S/c1-3-5-6(4-2)9-10(7)8/h10H,3-5H2,1-2H3. The highest BCUT2D eigenvalue weighted by Gasteiger charge is 2.00. The van der Waals surface area contributed by atoms with Gasteiger partial charge in [-0.25, -0.2) is 8.42 Å². The molecule has 5 heteroatoms. The molecule has 0 fully saturated rings. The molecular weight excluding hydrogens is 154 g/mol. The van der Waals surface area contributed by atoms with Crippen molar-refractivity contribution in [1.82, 2.24) is 5.06 Å². The minimum Gasteiger partial charge on any atom is -0.201 e. The van der Waals surface area contributed by atoms with Crippen LogP contribution in [-0.4, -0.2) is 26.6 Å². The molecule has 4 nitrogen and oxygen atoms in total. The Morgan fingerprint density at radius 2 is 2.00 bits per heavy atom.